The number of nitrogens with zero attached hydrogens (tertiary/aromatic N) is 2. The third-order valence-electron chi connectivity index (χ3n) is 4.52. The smallest absolute Gasteiger partial charge is 0.313 e. The predicted molar refractivity (Wildman–Crippen MR) is 102 cm³/mol. The average Bonchev–Trinajstić information content (AvgIpc) is 3.17. The lowest BCUT2D eigenvalue weighted by atomic mass is 9.93. The summed E-state index contributed by atoms with van der Waals surface area (Å²) in [7, 11) is 0. The molecule has 1 aromatic carbocycles. The summed E-state index contributed by atoms with van der Waals surface area (Å²) in [6.07, 6.45) is 5.49. The third kappa shape index (κ3) is 4.17. The minimum Gasteiger partial charge on any atom is -0.439 e. The molecule has 1 atom stereocenters. The summed E-state index contributed by atoms with van der Waals surface area (Å²) in [6.45, 7) is 0. The van der Waals surface area contributed by atoms with Crippen LogP contribution < -0.4 is 15.4 Å². The molecule has 4 rings (SSSR count). The highest BCUT2D eigenvalue weighted by molar-refractivity contribution is 6.39. The fourth-order valence-corrected chi connectivity index (χ4v) is 3.13. The summed E-state index contributed by atoms with van der Waals surface area (Å²) in [5.74, 6) is -0.439. The number of carbonyl (C=O) groups is 2. The van der Waals surface area contributed by atoms with Crippen LogP contribution in [0.2, 0.25) is 0 Å². The van der Waals surface area contributed by atoms with E-state index in [1.54, 1.807) is 30.5 Å². The second kappa shape index (κ2) is 7.91. The van der Waals surface area contributed by atoms with Gasteiger partial charge in [0.05, 0.1) is 6.20 Å². The second-order valence-electron chi connectivity index (χ2n) is 6.54. The Hall–Kier alpha value is -3.68. The number of hydrogen-bond acceptors (Lipinski definition) is 5. The zero-order valence-electron chi connectivity index (χ0n) is 15.0. The van der Waals surface area contributed by atoms with Gasteiger partial charge in [-0.1, -0.05) is 18.2 Å². The van der Waals surface area contributed by atoms with E-state index >= 15 is 0 Å². The molecule has 8 heteroatoms. The lowest BCUT2D eigenvalue weighted by Crippen LogP contribution is -2.44. The van der Waals surface area contributed by atoms with Gasteiger partial charge in [0.15, 0.2) is 0 Å². The molecule has 2 aromatic heterocycles. The first-order chi connectivity index (χ1) is 13.7. The molecule has 28 heavy (non-hydrogen) atoms. The van der Waals surface area contributed by atoms with Gasteiger partial charge in [-0.05, 0) is 43.0 Å². The molecule has 1 aliphatic carbocycles. The zero-order valence-corrected chi connectivity index (χ0v) is 15.0. The van der Waals surface area contributed by atoms with Crippen molar-refractivity contribution in [2.75, 3.05) is 5.32 Å². The van der Waals surface area contributed by atoms with Gasteiger partial charge in [-0.15, -0.1) is 0 Å². The van der Waals surface area contributed by atoms with Gasteiger partial charge in [0, 0.05) is 29.7 Å². The number of benzene rings is 1. The number of para-hydroxylation sites is 1. The fraction of sp³-hybridized carbons (Fsp3) is 0.200. The van der Waals surface area contributed by atoms with Gasteiger partial charge in [-0.2, -0.15) is 5.10 Å². The van der Waals surface area contributed by atoms with Crippen molar-refractivity contribution in [2.24, 2.45) is 0 Å². The van der Waals surface area contributed by atoms with Crippen molar-refractivity contribution < 1.29 is 14.3 Å². The number of fused-ring (bicyclic) bond motifs is 1. The molecule has 0 unspecified atom stereocenters. The van der Waals surface area contributed by atoms with Gasteiger partial charge in [-0.3, -0.25) is 14.7 Å². The van der Waals surface area contributed by atoms with Crippen molar-refractivity contribution in [1.29, 1.82) is 0 Å². The van der Waals surface area contributed by atoms with Gasteiger partial charge in [0.2, 0.25) is 5.88 Å². The number of aryl methyl sites for hydroxylation is 1. The molecule has 2 amide bonds. The molecule has 0 radical (unpaired) electrons. The van der Waals surface area contributed by atoms with E-state index in [1.165, 1.54) is 6.20 Å². The van der Waals surface area contributed by atoms with Crippen LogP contribution in [0.5, 0.6) is 11.6 Å². The number of aromatic amines is 1. The lowest BCUT2D eigenvalue weighted by molar-refractivity contribution is -0.136. The Balaban J connectivity index is 1.34. The normalized spacial score (nSPS) is 15.4. The maximum Gasteiger partial charge on any atom is 0.313 e. The van der Waals surface area contributed by atoms with E-state index in [2.05, 4.69) is 25.8 Å². The number of aromatic nitrogens is 3. The van der Waals surface area contributed by atoms with E-state index in [4.69, 9.17) is 4.74 Å². The second-order valence-corrected chi connectivity index (χ2v) is 6.54. The van der Waals surface area contributed by atoms with Gasteiger partial charge in [0.1, 0.15) is 5.75 Å². The minimum atomic E-state index is -0.727. The molecule has 0 saturated carbocycles. The highest BCUT2D eigenvalue weighted by atomic mass is 16.5. The van der Waals surface area contributed by atoms with E-state index in [0.29, 0.717) is 23.7 Å². The highest BCUT2D eigenvalue weighted by Crippen LogP contribution is 2.21. The minimum absolute atomic E-state index is 0.0854. The van der Waals surface area contributed by atoms with Crippen LogP contribution in [0.3, 0.4) is 0 Å². The molecule has 3 N–H and O–H groups in total. The van der Waals surface area contributed by atoms with Crippen molar-refractivity contribution in [2.45, 2.75) is 25.3 Å². The first-order valence-electron chi connectivity index (χ1n) is 8.99. The molecular formula is C20H19N5O3. The molecule has 2 heterocycles. The molecule has 142 valence electrons. The molecule has 1 aliphatic rings. The Bertz CT molecular complexity index is 986. The van der Waals surface area contributed by atoms with Crippen LogP contribution in [-0.4, -0.2) is 33.0 Å². The van der Waals surface area contributed by atoms with Gasteiger partial charge in [-0.25, -0.2) is 4.98 Å². The molecular weight excluding hydrogens is 358 g/mol. The average molecular weight is 377 g/mol. The van der Waals surface area contributed by atoms with Crippen molar-refractivity contribution in [3.05, 3.63) is 66.1 Å². The number of hydrogen-bond donors (Lipinski definition) is 3. The van der Waals surface area contributed by atoms with Gasteiger partial charge >= 0.3 is 11.8 Å². The van der Waals surface area contributed by atoms with E-state index in [-0.39, 0.29) is 6.04 Å². The van der Waals surface area contributed by atoms with Gasteiger partial charge < -0.3 is 15.4 Å². The predicted octanol–water partition coefficient (Wildman–Crippen LogP) is 2.21. The quantitative estimate of drug-likeness (QED) is 0.604. The number of anilines is 1. The number of amides is 2. The molecule has 0 aliphatic heterocycles. The SMILES string of the molecule is O=C(Nc1ccnc(Oc2ccccc2)c1)C(=O)N[C@H]1CCc2[nH]ncc2C1. The van der Waals surface area contributed by atoms with Crippen LogP contribution in [0.15, 0.2) is 54.9 Å². The van der Waals surface area contributed by atoms with Crippen molar-refractivity contribution >= 4 is 17.5 Å². The molecule has 0 saturated heterocycles. The standard InChI is InChI=1S/C20H19N5O3/c26-19(23-14-6-7-17-13(10-14)12-22-25-17)20(27)24-15-8-9-21-18(11-15)28-16-4-2-1-3-5-16/h1-5,8-9,11-12,14H,6-7,10H2,(H,22,25)(H,23,26)(H,21,24,27)/t14-/m0/s1. The first-order valence-corrected chi connectivity index (χ1v) is 8.99. The number of carbonyl (C=O) groups excluding carboxylic acids is 2. The van der Waals surface area contributed by atoms with E-state index < -0.39 is 11.8 Å². The van der Waals surface area contributed by atoms with Crippen molar-refractivity contribution in [3.8, 4) is 11.6 Å². The third-order valence-corrected chi connectivity index (χ3v) is 4.52. The summed E-state index contributed by atoms with van der Waals surface area (Å²) >= 11 is 0. The van der Waals surface area contributed by atoms with E-state index in [1.807, 2.05) is 18.2 Å². The Morgan fingerprint density at radius 1 is 1.14 bits per heavy atom. The summed E-state index contributed by atoms with van der Waals surface area (Å²) in [4.78, 5) is 28.6. The summed E-state index contributed by atoms with van der Waals surface area (Å²) in [5, 5.41) is 12.3. The summed E-state index contributed by atoms with van der Waals surface area (Å²) in [6, 6.07) is 12.3. The van der Waals surface area contributed by atoms with Crippen molar-refractivity contribution in [3.63, 3.8) is 0 Å². The van der Waals surface area contributed by atoms with Crippen LogP contribution in [0, 0.1) is 0 Å². The Labute approximate surface area is 161 Å². The lowest BCUT2D eigenvalue weighted by Gasteiger charge is -2.22. The van der Waals surface area contributed by atoms with Crippen LogP contribution in [0.1, 0.15) is 17.7 Å². The number of pyridine rings is 1. The Morgan fingerprint density at radius 2 is 2.00 bits per heavy atom. The molecule has 0 fully saturated rings. The van der Waals surface area contributed by atoms with Crippen LogP contribution in [-0.2, 0) is 22.4 Å². The highest BCUT2D eigenvalue weighted by Gasteiger charge is 2.24. The van der Waals surface area contributed by atoms with Crippen LogP contribution in [0.4, 0.5) is 5.69 Å². The first kappa shape index (κ1) is 17.7. The Kier molecular flexibility index (Phi) is 5.01. The number of rotatable bonds is 4. The molecule has 8 nitrogen and oxygen atoms in total. The molecule has 0 spiro atoms. The largest absolute Gasteiger partial charge is 0.439 e. The maximum atomic E-state index is 12.2. The fourth-order valence-electron chi connectivity index (χ4n) is 3.13. The summed E-state index contributed by atoms with van der Waals surface area (Å²) < 4.78 is 5.64. The summed E-state index contributed by atoms with van der Waals surface area (Å²) in [5.41, 5.74) is 2.60. The number of ether oxygens (including phenoxy) is 1. The van der Waals surface area contributed by atoms with Crippen LogP contribution >= 0.6 is 0 Å². The van der Waals surface area contributed by atoms with E-state index in [9.17, 15) is 9.59 Å². The zero-order chi connectivity index (χ0) is 19.3. The van der Waals surface area contributed by atoms with Crippen molar-refractivity contribution in [1.82, 2.24) is 20.5 Å². The molecule has 0 bridgehead atoms. The van der Waals surface area contributed by atoms with E-state index in [0.717, 1.165) is 24.1 Å². The van der Waals surface area contributed by atoms with Gasteiger partial charge in [0.25, 0.3) is 0 Å². The monoisotopic (exact) mass is 377 g/mol. The number of H-pyrrole nitrogens is 1. The topological polar surface area (TPSA) is 109 Å². The maximum absolute atomic E-state index is 12.2. The molecule has 3 aromatic rings. The Morgan fingerprint density at radius 3 is 2.86 bits per heavy atom. The number of nitrogens with one attached hydrogen (secondary N) is 3. The van der Waals surface area contributed by atoms with Crippen LogP contribution in [0.25, 0.3) is 0 Å².